The minimum absolute atomic E-state index is 0.0121. The zero-order valence-corrected chi connectivity index (χ0v) is 13.5. The maximum atomic E-state index is 11.5. The summed E-state index contributed by atoms with van der Waals surface area (Å²) in [6.45, 7) is -0.0598. The number of carbonyl (C=O) groups is 1. The van der Waals surface area contributed by atoms with Gasteiger partial charge in [-0.05, 0) is 0 Å². The SMILES string of the molecule is C#CCOc1c(C(=O)O)sc2nc(-c3ccccc3)nc(OC)c12. The Morgan fingerprint density at radius 3 is 2.71 bits per heavy atom. The quantitative estimate of drug-likeness (QED) is 0.719. The summed E-state index contributed by atoms with van der Waals surface area (Å²) in [7, 11) is 1.46. The van der Waals surface area contributed by atoms with Crippen LogP contribution < -0.4 is 9.47 Å². The summed E-state index contributed by atoms with van der Waals surface area (Å²) in [5.41, 5.74) is 0.800. The highest BCUT2D eigenvalue weighted by Gasteiger charge is 2.25. The lowest BCUT2D eigenvalue weighted by Crippen LogP contribution is -2.01. The Balaban J connectivity index is 2.26. The average Bonchev–Trinajstić information content (AvgIpc) is 2.98. The Hall–Kier alpha value is -3.11. The molecule has 3 rings (SSSR count). The van der Waals surface area contributed by atoms with Crippen molar-refractivity contribution < 1.29 is 19.4 Å². The van der Waals surface area contributed by atoms with Gasteiger partial charge in [0.1, 0.15) is 16.8 Å². The highest BCUT2D eigenvalue weighted by atomic mass is 32.1. The molecule has 0 unspecified atom stereocenters. The molecule has 6 nitrogen and oxygen atoms in total. The van der Waals surface area contributed by atoms with Crippen LogP contribution in [0.4, 0.5) is 0 Å². The van der Waals surface area contributed by atoms with Crippen LogP contribution in [0.5, 0.6) is 11.6 Å². The van der Waals surface area contributed by atoms with Gasteiger partial charge in [0.25, 0.3) is 0 Å². The molecule has 0 saturated heterocycles. The van der Waals surface area contributed by atoms with E-state index in [4.69, 9.17) is 15.9 Å². The van der Waals surface area contributed by atoms with Crippen molar-refractivity contribution in [1.29, 1.82) is 0 Å². The number of terminal acetylenes is 1. The van der Waals surface area contributed by atoms with Crippen molar-refractivity contribution in [3.63, 3.8) is 0 Å². The number of ether oxygens (including phenoxy) is 2. The second kappa shape index (κ2) is 6.56. The van der Waals surface area contributed by atoms with Crippen molar-refractivity contribution >= 4 is 27.5 Å². The van der Waals surface area contributed by atoms with E-state index in [1.54, 1.807) is 0 Å². The Kier molecular flexibility index (Phi) is 4.31. The lowest BCUT2D eigenvalue weighted by Gasteiger charge is -2.07. The monoisotopic (exact) mass is 340 g/mol. The molecule has 2 aromatic heterocycles. The van der Waals surface area contributed by atoms with Gasteiger partial charge in [-0.15, -0.1) is 17.8 Å². The van der Waals surface area contributed by atoms with Gasteiger partial charge in [0, 0.05) is 5.56 Å². The van der Waals surface area contributed by atoms with E-state index >= 15 is 0 Å². The molecule has 0 bridgehead atoms. The van der Waals surface area contributed by atoms with E-state index in [-0.39, 0.29) is 23.1 Å². The number of benzene rings is 1. The van der Waals surface area contributed by atoms with Gasteiger partial charge in [0.05, 0.1) is 7.11 Å². The van der Waals surface area contributed by atoms with Crippen LogP contribution in [0.2, 0.25) is 0 Å². The third-order valence-corrected chi connectivity index (χ3v) is 4.25. The Bertz CT molecular complexity index is 945. The van der Waals surface area contributed by atoms with E-state index in [0.29, 0.717) is 16.0 Å². The third-order valence-electron chi connectivity index (χ3n) is 3.19. The summed E-state index contributed by atoms with van der Waals surface area (Å²) in [5.74, 6) is 2.03. The molecule has 3 aromatic rings. The molecular weight excluding hydrogens is 328 g/mol. The first-order valence-corrected chi connectivity index (χ1v) is 7.70. The van der Waals surface area contributed by atoms with Crippen LogP contribution in [0.15, 0.2) is 30.3 Å². The summed E-state index contributed by atoms with van der Waals surface area (Å²) in [6.07, 6.45) is 5.20. The van der Waals surface area contributed by atoms with Crippen molar-refractivity contribution in [1.82, 2.24) is 9.97 Å². The van der Waals surface area contributed by atoms with E-state index in [0.717, 1.165) is 16.9 Å². The maximum Gasteiger partial charge on any atom is 0.349 e. The number of aromatic nitrogens is 2. The molecule has 0 atom stereocenters. The fraction of sp³-hybridized carbons (Fsp3) is 0.118. The zero-order chi connectivity index (χ0) is 17.1. The second-order valence-electron chi connectivity index (χ2n) is 4.66. The highest BCUT2D eigenvalue weighted by Crippen LogP contribution is 2.42. The van der Waals surface area contributed by atoms with E-state index in [1.807, 2.05) is 30.3 Å². The van der Waals surface area contributed by atoms with Gasteiger partial charge >= 0.3 is 5.97 Å². The molecule has 0 aliphatic heterocycles. The number of fused-ring (bicyclic) bond motifs is 1. The fourth-order valence-electron chi connectivity index (χ4n) is 2.20. The van der Waals surface area contributed by atoms with Crippen LogP contribution in [0, 0.1) is 12.3 Å². The first-order chi connectivity index (χ1) is 11.7. The van der Waals surface area contributed by atoms with Crippen LogP contribution >= 0.6 is 11.3 Å². The van der Waals surface area contributed by atoms with Gasteiger partial charge in [0.15, 0.2) is 16.5 Å². The van der Waals surface area contributed by atoms with Gasteiger partial charge in [-0.2, -0.15) is 4.98 Å². The lowest BCUT2D eigenvalue weighted by molar-refractivity contribution is 0.0699. The molecule has 24 heavy (non-hydrogen) atoms. The van der Waals surface area contributed by atoms with E-state index in [2.05, 4.69) is 15.9 Å². The normalized spacial score (nSPS) is 10.3. The smallest absolute Gasteiger partial charge is 0.349 e. The van der Waals surface area contributed by atoms with Crippen LogP contribution in [-0.2, 0) is 0 Å². The summed E-state index contributed by atoms with van der Waals surface area (Å²) in [5, 5.41) is 9.82. The van der Waals surface area contributed by atoms with Crippen LogP contribution in [0.1, 0.15) is 9.67 Å². The van der Waals surface area contributed by atoms with Gasteiger partial charge in [-0.25, -0.2) is 9.78 Å². The van der Waals surface area contributed by atoms with Gasteiger partial charge in [-0.1, -0.05) is 36.3 Å². The fourth-order valence-corrected chi connectivity index (χ4v) is 3.15. The van der Waals surface area contributed by atoms with Crippen molar-refractivity contribution in [2.24, 2.45) is 0 Å². The average molecular weight is 340 g/mol. The molecule has 0 amide bonds. The highest BCUT2D eigenvalue weighted by molar-refractivity contribution is 7.20. The number of hydrogen-bond donors (Lipinski definition) is 1. The molecule has 7 heteroatoms. The van der Waals surface area contributed by atoms with Gasteiger partial charge in [0.2, 0.25) is 5.88 Å². The summed E-state index contributed by atoms with van der Waals surface area (Å²) < 4.78 is 10.8. The number of hydrogen-bond acceptors (Lipinski definition) is 6. The second-order valence-corrected chi connectivity index (χ2v) is 5.66. The minimum atomic E-state index is -1.12. The molecular formula is C17H12N2O4S. The van der Waals surface area contributed by atoms with Crippen LogP contribution in [-0.4, -0.2) is 34.8 Å². The summed E-state index contributed by atoms with van der Waals surface area (Å²) >= 11 is 0.997. The van der Waals surface area contributed by atoms with Crippen molar-refractivity contribution in [2.45, 2.75) is 0 Å². The topological polar surface area (TPSA) is 81.5 Å². The molecule has 1 aromatic carbocycles. The van der Waals surface area contributed by atoms with Gasteiger partial charge < -0.3 is 14.6 Å². The third kappa shape index (κ3) is 2.75. The number of rotatable bonds is 5. The predicted molar refractivity (Wildman–Crippen MR) is 90.7 cm³/mol. The maximum absolute atomic E-state index is 11.5. The number of carboxylic acid groups (broad SMARTS) is 1. The predicted octanol–water partition coefficient (Wildman–Crippen LogP) is 3.08. The number of aromatic carboxylic acids is 1. The van der Waals surface area contributed by atoms with Crippen molar-refractivity contribution in [3.8, 4) is 35.4 Å². The molecule has 0 spiro atoms. The number of thiophene rings is 1. The zero-order valence-electron chi connectivity index (χ0n) is 12.6. The molecule has 0 radical (unpaired) electrons. The first-order valence-electron chi connectivity index (χ1n) is 6.89. The largest absolute Gasteiger partial charge is 0.480 e. The number of nitrogens with zero attached hydrogens (tertiary/aromatic N) is 2. The van der Waals surface area contributed by atoms with E-state index in [1.165, 1.54) is 7.11 Å². The molecule has 0 aliphatic carbocycles. The Labute approximate surface area is 141 Å². The first kappa shape index (κ1) is 15.8. The number of methoxy groups -OCH3 is 1. The molecule has 2 heterocycles. The molecule has 0 saturated carbocycles. The minimum Gasteiger partial charge on any atom is -0.480 e. The Morgan fingerprint density at radius 2 is 2.08 bits per heavy atom. The molecule has 0 aliphatic rings. The standard InChI is InChI=1S/C17H12N2O4S/c1-3-9-23-12-11-15(22-2)18-14(10-7-5-4-6-8-10)19-16(11)24-13(12)17(20)21/h1,4-8H,9H2,2H3,(H,20,21). The Morgan fingerprint density at radius 1 is 1.33 bits per heavy atom. The van der Waals surface area contributed by atoms with Crippen LogP contribution in [0.25, 0.3) is 21.6 Å². The molecule has 1 N–H and O–H groups in total. The van der Waals surface area contributed by atoms with Crippen LogP contribution in [0.3, 0.4) is 0 Å². The number of carboxylic acids is 1. The summed E-state index contributed by atoms with van der Waals surface area (Å²) in [6, 6.07) is 9.35. The van der Waals surface area contributed by atoms with Crippen molar-refractivity contribution in [3.05, 3.63) is 35.2 Å². The van der Waals surface area contributed by atoms with E-state index in [9.17, 15) is 9.90 Å². The van der Waals surface area contributed by atoms with E-state index < -0.39 is 5.97 Å². The molecule has 0 fully saturated rings. The molecule has 120 valence electrons. The summed E-state index contributed by atoms with van der Waals surface area (Å²) in [4.78, 5) is 20.8. The van der Waals surface area contributed by atoms with Gasteiger partial charge in [-0.3, -0.25) is 0 Å². The lowest BCUT2D eigenvalue weighted by atomic mass is 10.2. The van der Waals surface area contributed by atoms with Crippen molar-refractivity contribution in [2.75, 3.05) is 13.7 Å².